The number of aryl methyl sites for hydroxylation is 1. The summed E-state index contributed by atoms with van der Waals surface area (Å²) in [5.74, 6) is 0.221. The molecule has 1 N–H and O–H groups in total. The highest BCUT2D eigenvalue weighted by molar-refractivity contribution is 5.81. The van der Waals surface area contributed by atoms with Gasteiger partial charge in [0.05, 0.1) is 6.04 Å². The lowest BCUT2D eigenvalue weighted by molar-refractivity contribution is -0.131. The molecule has 0 radical (unpaired) electrons. The second kappa shape index (κ2) is 5.96. The molecular weight excluding hydrogens is 226 g/mol. The van der Waals surface area contributed by atoms with Crippen molar-refractivity contribution in [1.29, 1.82) is 0 Å². The highest BCUT2D eigenvalue weighted by atomic mass is 16.2. The van der Waals surface area contributed by atoms with Crippen molar-refractivity contribution in [3.05, 3.63) is 29.6 Å². The maximum atomic E-state index is 12.1. The molecule has 1 atom stereocenters. The fourth-order valence-electron chi connectivity index (χ4n) is 2.26. The Morgan fingerprint density at radius 1 is 1.50 bits per heavy atom. The third kappa shape index (κ3) is 3.07. The summed E-state index contributed by atoms with van der Waals surface area (Å²) in [6.45, 7) is 6.53. The first-order valence-corrected chi connectivity index (χ1v) is 6.60. The molecule has 4 heteroatoms. The molecule has 1 unspecified atom stereocenters. The van der Waals surface area contributed by atoms with Gasteiger partial charge in [0, 0.05) is 32.0 Å². The van der Waals surface area contributed by atoms with Crippen LogP contribution >= 0.6 is 0 Å². The van der Waals surface area contributed by atoms with Crippen molar-refractivity contribution in [2.24, 2.45) is 0 Å². The Kier molecular flexibility index (Phi) is 4.31. The second-order valence-corrected chi connectivity index (χ2v) is 4.94. The number of nitrogens with one attached hydrogen (secondary N) is 1. The van der Waals surface area contributed by atoms with Crippen molar-refractivity contribution >= 4 is 5.91 Å². The standard InChI is InChI=1S/C14H21N3O/c1-11-9-15-6-5-13(11)10-16-12(2)14(18)17-7-3-4-8-17/h5-6,9,12,16H,3-4,7-8,10H2,1-2H3. The smallest absolute Gasteiger partial charge is 0.239 e. The number of pyridine rings is 1. The van der Waals surface area contributed by atoms with Gasteiger partial charge in [-0.25, -0.2) is 0 Å². The van der Waals surface area contributed by atoms with Gasteiger partial charge in [-0.3, -0.25) is 9.78 Å². The van der Waals surface area contributed by atoms with Gasteiger partial charge >= 0.3 is 0 Å². The maximum Gasteiger partial charge on any atom is 0.239 e. The molecule has 1 aliphatic rings. The van der Waals surface area contributed by atoms with Crippen LogP contribution in [0.5, 0.6) is 0 Å². The lowest BCUT2D eigenvalue weighted by atomic mass is 10.1. The predicted octanol–water partition coefficient (Wildman–Crippen LogP) is 1.49. The number of carbonyl (C=O) groups is 1. The zero-order valence-corrected chi connectivity index (χ0v) is 11.1. The molecule has 1 fully saturated rings. The average Bonchev–Trinajstić information content (AvgIpc) is 2.90. The minimum Gasteiger partial charge on any atom is -0.341 e. The van der Waals surface area contributed by atoms with Crippen LogP contribution in [-0.4, -0.2) is 34.9 Å². The molecule has 0 spiro atoms. The highest BCUT2D eigenvalue weighted by Gasteiger charge is 2.22. The van der Waals surface area contributed by atoms with E-state index in [1.54, 1.807) is 6.20 Å². The van der Waals surface area contributed by atoms with Gasteiger partial charge in [0.1, 0.15) is 0 Å². The zero-order valence-electron chi connectivity index (χ0n) is 11.1. The van der Waals surface area contributed by atoms with Crippen LogP contribution in [0.4, 0.5) is 0 Å². The quantitative estimate of drug-likeness (QED) is 0.877. The van der Waals surface area contributed by atoms with Gasteiger partial charge in [0.2, 0.25) is 5.91 Å². The molecular formula is C14H21N3O. The molecule has 0 aliphatic carbocycles. The molecule has 1 aromatic rings. The molecule has 2 heterocycles. The van der Waals surface area contributed by atoms with Gasteiger partial charge in [-0.2, -0.15) is 0 Å². The summed E-state index contributed by atoms with van der Waals surface area (Å²) in [5.41, 5.74) is 2.36. The van der Waals surface area contributed by atoms with Crippen LogP contribution < -0.4 is 5.32 Å². The van der Waals surface area contributed by atoms with E-state index in [-0.39, 0.29) is 11.9 Å². The number of likely N-dealkylation sites (tertiary alicyclic amines) is 1. The minimum atomic E-state index is -0.115. The number of hydrogen-bond donors (Lipinski definition) is 1. The second-order valence-electron chi connectivity index (χ2n) is 4.94. The number of nitrogens with zero attached hydrogens (tertiary/aromatic N) is 2. The third-order valence-electron chi connectivity index (χ3n) is 3.52. The summed E-state index contributed by atoms with van der Waals surface area (Å²) in [5, 5.41) is 3.30. The van der Waals surface area contributed by atoms with Crippen molar-refractivity contribution < 1.29 is 4.79 Å². The van der Waals surface area contributed by atoms with E-state index in [1.807, 2.05) is 31.0 Å². The Labute approximate surface area is 108 Å². The number of carbonyl (C=O) groups excluding carboxylic acids is 1. The number of aromatic nitrogens is 1. The molecule has 4 nitrogen and oxygen atoms in total. The summed E-state index contributed by atoms with van der Waals surface area (Å²) in [4.78, 5) is 18.1. The van der Waals surface area contributed by atoms with Crippen LogP contribution in [0.3, 0.4) is 0 Å². The fourth-order valence-corrected chi connectivity index (χ4v) is 2.26. The first-order chi connectivity index (χ1) is 8.68. The first kappa shape index (κ1) is 13.0. The van der Waals surface area contributed by atoms with Crippen LogP contribution in [0.1, 0.15) is 30.9 Å². The molecule has 1 saturated heterocycles. The summed E-state index contributed by atoms with van der Waals surface area (Å²) >= 11 is 0. The predicted molar refractivity (Wildman–Crippen MR) is 71.1 cm³/mol. The van der Waals surface area contributed by atoms with Crippen LogP contribution in [0.2, 0.25) is 0 Å². The van der Waals surface area contributed by atoms with Crippen molar-refractivity contribution in [3.8, 4) is 0 Å². The van der Waals surface area contributed by atoms with E-state index in [2.05, 4.69) is 10.3 Å². The molecule has 0 saturated carbocycles. The van der Waals surface area contributed by atoms with Gasteiger partial charge < -0.3 is 10.2 Å². The molecule has 2 rings (SSSR count). The third-order valence-corrected chi connectivity index (χ3v) is 3.52. The molecule has 1 aromatic heterocycles. The minimum absolute atomic E-state index is 0.115. The zero-order chi connectivity index (χ0) is 13.0. The van der Waals surface area contributed by atoms with Crippen LogP contribution in [0.15, 0.2) is 18.5 Å². The van der Waals surface area contributed by atoms with E-state index in [9.17, 15) is 4.79 Å². The number of amides is 1. The molecule has 0 bridgehead atoms. The van der Waals surface area contributed by atoms with E-state index in [0.29, 0.717) is 0 Å². The SMILES string of the molecule is Cc1cnccc1CNC(C)C(=O)N1CCCC1. The maximum absolute atomic E-state index is 12.1. The summed E-state index contributed by atoms with van der Waals surface area (Å²) in [7, 11) is 0. The lowest BCUT2D eigenvalue weighted by Crippen LogP contribution is -2.43. The van der Waals surface area contributed by atoms with Crippen molar-refractivity contribution in [3.63, 3.8) is 0 Å². The Hall–Kier alpha value is -1.42. The Morgan fingerprint density at radius 3 is 2.89 bits per heavy atom. The summed E-state index contributed by atoms with van der Waals surface area (Å²) < 4.78 is 0. The summed E-state index contributed by atoms with van der Waals surface area (Å²) in [6, 6.07) is 1.88. The van der Waals surface area contributed by atoms with Crippen LogP contribution in [0, 0.1) is 6.92 Å². The molecule has 1 aliphatic heterocycles. The largest absolute Gasteiger partial charge is 0.341 e. The van der Waals surface area contributed by atoms with Gasteiger partial charge in [-0.05, 0) is 43.9 Å². The lowest BCUT2D eigenvalue weighted by Gasteiger charge is -2.21. The molecule has 98 valence electrons. The van der Waals surface area contributed by atoms with Crippen molar-refractivity contribution in [1.82, 2.24) is 15.2 Å². The monoisotopic (exact) mass is 247 g/mol. The van der Waals surface area contributed by atoms with Gasteiger partial charge in [-0.1, -0.05) is 0 Å². The van der Waals surface area contributed by atoms with Crippen molar-refractivity contribution in [2.75, 3.05) is 13.1 Å². The Bertz CT molecular complexity index is 413. The van der Waals surface area contributed by atoms with E-state index >= 15 is 0 Å². The van der Waals surface area contributed by atoms with Crippen LogP contribution in [-0.2, 0) is 11.3 Å². The number of rotatable bonds is 4. The van der Waals surface area contributed by atoms with Gasteiger partial charge in [-0.15, -0.1) is 0 Å². The topological polar surface area (TPSA) is 45.2 Å². The Balaban J connectivity index is 1.86. The normalized spacial score (nSPS) is 16.9. The van der Waals surface area contributed by atoms with E-state index < -0.39 is 0 Å². The fraction of sp³-hybridized carbons (Fsp3) is 0.571. The first-order valence-electron chi connectivity index (χ1n) is 6.60. The average molecular weight is 247 g/mol. The highest BCUT2D eigenvalue weighted by Crippen LogP contribution is 2.10. The van der Waals surface area contributed by atoms with E-state index in [0.717, 1.165) is 38.0 Å². The van der Waals surface area contributed by atoms with E-state index in [4.69, 9.17) is 0 Å². The molecule has 0 aromatic carbocycles. The number of hydrogen-bond acceptors (Lipinski definition) is 3. The van der Waals surface area contributed by atoms with Crippen LogP contribution in [0.25, 0.3) is 0 Å². The van der Waals surface area contributed by atoms with Crippen molar-refractivity contribution in [2.45, 2.75) is 39.3 Å². The summed E-state index contributed by atoms with van der Waals surface area (Å²) in [6.07, 6.45) is 5.92. The van der Waals surface area contributed by atoms with Gasteiger partial charge in [0.25, 0.3) is 0 Å². The molecule has 18 heavy (non-hydrogen) atoms. The Morgan fingerprint density at radius 2 is 2.22 bits per heavy atom. The molecule has 1 amide bonds. The van der Waals surface area contributed by atoms with E-state index in [1.165, 1.54) is 5.56 Å². The van der Waals surface area contributed by atoms with Gasteiger partial charge in [0.15, 0.2) is 0 Å².